The van der Waals surface area contributed by atoms with Crippen molar-refractivity contribution in [3.05, 3.63) is 0 Å². The van der Waals surface area contributed by atoms with Crippen LogP contribution in [0.3, 0.4) is 0 Å². The molecule has 3 unspecified atom stereocenters. The molecule has 2 heterocycles. The van der Waals surface area contributed by atoms with E-state index in [0.29, 0.717) is 12.1 Å². The van der Waals surface area contributed by atoms with Crippen LogP contribution in [0, 0.1) is 0 Å². The number of morpholine rings is 1. The zero-order valence-corrected chi connectivity index (χ0v) is 10.2. The fraction of sp³-hybridized carbons (Fsp3) is 1.00. The number of hydrogen-bond acceptors (Lipinski definition) is 4. The van der Waals surface area contributed by atoms with Crippen LogP contribution in [0.5, 0.6) is 0 Å². The Morgan fingerprint density at radius 1 is 1.56 bits per heavy atom. The van der Waals surface area contributed by atoms with Crippen LogP contribution in [-0.2, 0) is 4.74 Å². The summed E-state index contributed by atoms with van der Waals surface area (Å²) < 4.78 is 5.46. The van der Waals surface area contributed by atoms with E-state index in [1.807, 2.05) is 0 Å². The van der Waals surface area contributed by atoms with Crippen molar-refractivity contribution in [1.82, 2.24) is 10.2 Å². The van der Waals surface area contributed by atoms with Gasteiger partial charge >= 0.3 is 0 Å². The van der Waals surface area contributed by atoms with Crippen molar-refractivity contribution in [3.8, 4) is 0 Å². The first-order valence-electron chi connectivity index (χ1n) is 6.49. The second kappa shape index (κ2) is 5.96. The number of nitrogens with zero attached hydrogens (tertiary/aromatic N) is 1. The molecule has 94 valence electrons. The monoisotopic (exact) mass is 228 g/mol. The first-order chi connectivity index (χ1) is 7.75. The molecule has 4 heteroatoms. The highest BCUT2D eigenvalue weighted by Gasteiger charge is 2.24. The molecule has 0 spiro atoms. The largest absolute Gasteiger partial charge is 0.392 e. The molecule has 0 aromatic heterocycles. The summed E-state index contributed by atoms with van der Waals surface area (Å²) in [7, 11) is 0. The van der Waals surface area contributed by atoms with Gasteiger partial charge in [0.25, 0.3) is 0 Å². The van der Waals surface area contributed by atoms with Gasteiger partial charge in [-0.15, -0.1) is 0 Å². The second-order valence-corrected chi connectivity index (χ2v) is 5.10. The molecule has 2 fully saturated rings. The van der Waals surface area contributed by atoms with E-state index >= 15 is 0 Å². The van der Waals surface area contributed by atoms with E-state index in [9.17, 15) is 5.11 Å². The molecule has 0 radical (unpaired) electrons. The normalized spacial score (nSPS) is 34.9. The average molecular weight is 228 g/mol. The highest BCUT2D eigenvalue weighted by Crippen LogP contribution is 2.16. The van der Waals surface area contributed by atoms with E-state index in [2.05, 4.69) is 17.1 Å². The fourth-order valence-electron chi connectivity index (χ4n) is 2.72. The van der Waals surface area contributed by atoms with Gasteiger partial charge in [-0.2, -0.15) is 0 Å². The number of piperidine rings is 1. The Morgan fingerprint density at radius 2 is 2.44 bits per heavy atom. The van der Waals surface area contributed by atoms with Crippen molar-refractivity contribution < 1.29 is 9.84 Å². The Balaban J connectivity index is 1.75. The third-order valence-electron chi connectivity index (χ3n) is 3.68. The summed E-state index contributed by atoms with van der Waals surface area (Å²) in [6.07, 6.45) is 3.09. The SMILES string of the molecule is CC(CC1COCCN1)N1CCCC(O)C1. The smallest absolute Gasteiger partial charge is 0.0667 e. The highest BCUT2D eigenvalue weighted by molar-refractivity contribution is 4.81. The molecule has 2 saturated heterocycles. The second-order valence-electron chi connectivity index (χ2n) is 5.10. The number of rotatable bonds is 3. The van der Waals surface area contributed by atoms with E-state index in [1.165, 1.54) is 0 Å². The van der Waals surface area contributed by atoms with Crippen molar-refractivity contribution in [1.29, 1.82) is 0 Å². The Hall–Kier alpha value is -0.160. The zero-order valence-electron chi connectivity index (χ0n) is 10.2. The van der Waals surface area contributed by atoms with Gasteiger partial charge in [-0.1, -0.05) is 0 Å². The average Bonchev–Trinajstić information content (AvgIpc) is 2.30. The van der Waals surface area contributed by atoms with E-state index in [0.717, 1.165) is 52.1 Å². The number of hydrogen-bond donors (Lipinski definition) is 2. The number of ether oxygens (including phenoxy) is 1. The zero-order chi connectivity index (χ0) is 11.4. The molecule has 3 atom stereocenters. The van der Waals surface area contributed by atoms with Crippen LogP contribution in [-0.4, -0.2) is 61.0 Å². The Bertz CT molecular complexity index is 207. The lowest BCUT2D eigenvalue weighted by Gasteiger charge is -2.37. The Morgan fingerprint density at radius 3 is 3.12 bits per heavy atom. The van der Waals surface area contributed by atoms with Gasteiger partial charge < -0.3 is 15.2 Å². The molecule has 0 bridgehead atoms. The van der Waals surface area contributed by atoms with Gasteiger partial charge in [-0.05, 0) is 32.7 Å². The van der Waals surface area contributed by atoms with Crippen LogP contribution in [0.2, 0.25) is 0 Å². The maximum absolute atomic E-state index is 9.65. The lowest BCUT2D eigenvalue weighted by molar-refractivity contribution is 0.0307. The van der Waals surface area contributed by atoms with Crippen LogP contribution in [0.15, 0.2) is 0 Å². The number of nitrogens with one attached hydrogen (secondary N) is 1. The quantitative estimate of drug-likeness (QED) is 0.725. The third kappa shape index (κ3) is 3.42. The number of likely N-dealkylation sites (tertiary alicyclic amines) is 1. The standard InChI is InChI=1S/C12H24N2O2/c1-10(7-11-9-16-6-4-13-11)14-5-2-3-12(15)8-14/h10-13,15H,2-9H2,1H3. The summed E-state index contributed by atoms with van der Waals surface area (Å²) in [5, 5.41) is 13.1. The summed E-state index contributed by atoms with van der Waals surface area (Å²) in [5.41, 5.74) is 0. The molecule has 2 aliphatic rings. The molecule has 4 nitrogen and oxygen atoms in total. The van der Waals surface area contributed by atoms with Gasteiger partial charge in [-0.3, -0.25) is 4.90 Å². The molecule has 0 aromatic carbocycles. The van der Waals surface area contributed by atoms with Gasteiger partial charge in [0.1, 0.15) is 0 Å². The van der Waals surface area contributed by atoms with Gasteiger partial charge in [0.15, 0.2) is 0 Å². The number of aliphatic hydroxyl groups is 1. The topological polar surface area (TPSA) is 44.7 Å². The number of β-amino-alcohol motifs (C(OH)–C–C–N with tert-alkyl or cyclic N) is 1. The van der Waals surface area contributed by atoms with E-state index in [-0.39, 0.29) is 6.10 Å². The predicted molar refractivity (Wildman–Crippen MR) is 63.5 cm³/mol. The van der Waals surface area contributed by atoms with Crippen molar-refractivity contribution in [2.45, 2.75) is 44.4 Å². The van der Waals surface area contributed by atoms with Crippen LogP contribution >= 0.6 is 0 Å². The molecule has 2 N–H and O–H groups in total. The maximum Gasteiger partial charge on any atom is 0.0667 e. The summed E-state index contributed by atoms with van der Waals surface area (Å²) in [5.74, 6) is 0. The predicted octanol–water partition coefficient (Wildman–Crippen LogP) is 0.210. The molecule has 16 heavy (non-hydrogen) atoms. The lowest BCUT2D eigenvalue weighted by atomic mass is 10.0. The summed E-state index contributed by atoms with van der Waals surface area (Å²) in [6.45, 7) is 6.88. The molecule has 0 saturated carbocycles. The first kappa shape index (κ1) is 12.3. The number of aliphatic hydroxyl groups excluding tert-OH is 1. The summed E-state index contributed by atoms with van der Waals surface area (Å²) >= 11 is 0. The minimum Gasteiger partial charge on any atom is -0.392 e. The van der Waals surface area contributed by atoms with Gasteiger partial charge in [0.2, 0.25) is 0 Å². The molecule has 0 aromatic rings. The molecule has 0 amide bonds. The van der Waals surface area contributed by atoms with Crippen molar-refractivity contribution in [3.63, 3.8) is 0 Å². The molecule has 2 rings (SSSR count). The van der Waals surface area contributed by atoms with E-state index in [4.69, 9.17) is 4.74 Å². The van der Waals surface area contributed by atoms with Crippen LogP contribution in [0.4, 0.5) is 0 Å². The molecule has 2 aliphatic heterocycles. The van der Waals surface area contributed by atoms with Crippen LogP contribution in [0.1, 0.15) is 26.2 Å². The highest BCUT2D eigenvalue weighted by atomic mass is 16.5. The van der Waals surface area contributed by atoms with Gasteiger partial charge in [0.05, 0.1) is 19.3 Å². The third-order valence-corrected chi connectivity index (χ3v) is 3.68. The molecular weight excluding hydrogens is 204 g/mol. The first-order valence-corrected chi connectivity index (χ1v) is 6.49. The van der Waals surface area contributed by atoms with Gasteiger partial charge in [-0.25, -0.2) is 0 Å². The van der Waals surface area contributed by atoms with Crippen molar-refractivity contribution in [2.75, 3.05) is 32.8 Å². The lowest BCUT2D eigenvalue weighted by Crippen LogP contribution is -2.49. The minimum absolute atomic E-state index is 0.119. The van der Waals surface area contributed by atoms with Gasteiger partial charge in [0, 0.05) is 25.2 Å². The summed E-state index contributed by atoms with van der Waals surface area (Å²) in [4.78, 5) is 2.41. The maximum atomic E-state index is 9.65. The van der Waals surface area contributed by atoms with E-state index < -0.39 is 0 Å². The van der Waals surface area contributed by atoms with Crippen molar-refractivity contribution >= 4 is 0 Å². The van der Waals surface area contributed by atoms with Crippen LogP contribution < -0.4 is 5.32 Å². The fourth-order valence-corrected chi connectivity index (χ4v) is 2.72. The van der Waals surface area contributed by atoms with Crippen LogP contribution in [0.25, 0.3) is 0 Å². The molecular formula is C12H24N2O2. The summed E-state index contributed by atoms with van der Waals surface area (Å²) in [6, 6.07) is 1.02. The van der Waals surface area contributed by atoms with Crippen molar-refractivity contribution in [2.24, 2.45) is 0 Å². The minimum atomic E-state index is -0.119. The van der Waals surface area contributed by atoms with E-state index in [1.54, 1.807) is 0 Å². The Kier molecular flexibility index (Phi) is 4.58. The Labute approximate surface area is 98.0 Å². The molecule has 0 aliphatic carbocycles.